The Morgan fingerprint density at radius 2 is 2.16 bits per heavy atom. The molecule has 1 aliphatic carbocycles. The highest BCUT2D eigenvalue weighted by atomic mass is 35.7. The second kappa shape index (κ2) is 6.14. The molecule has 0 amide bonds. The summed E-state index contributed by atoms with van der Waals surface area (Å²) in [6.07, 6.45) is 4.94. The van der Waals surface area contributed by atoms with Crippen LogP contribution in [0, 0.1) is 11.8 Å². The molecule has 0 aliphatic heterocycles. The Balaban J connectivity index is 1.96. The molecule has 2 unspecified atom stereocenters. The van der Waals surface area contributed by atoms with E-state index in [0.717, 1.165) is 5.92 Å². The third-order valence-corrected chi connectivity index (χ3v) is 4.97. The smallest absolute Gasteiger partial charge is 0.261 e. The van der Waals surface area contributed by atoms with Gasteiger partial charge in [-0.15, -0.1) is 0 Å². The Morgan fingerprint density at radius 1 is 1.37 bits per heavy atom. The summed E-state index contributed by atoms with van der Waals surface area (Å²) in [7, 11) is 1.63. The second-order valence-corrected chi connectivity index (χ2v) is 7.93. The monoisotopic (exact) mass is 302 g/mol. The van der Waals surface area contributed by atoms with E-state index in [2.05, 4.69) is 6.92 Å². The summed E-state index contributed by atoms with van der Waals surface area (Å²) in [6, 6.07) is 6.36. The zero-order valence-electron chi connectivity index (χ0n) is 11.0. The van der Waals surface area contributed by atoms with Crippen LogP contribution in [0.4, 0.5) is 0 Å². The highest BCUT2D eigenvalue weighted by Gasteiger charge is 2.19. The summed E-state index contributed by atoms with van der Waals surface area (Å²) >= 11 is 0. The molecule has 1 aromatic rings. The van der Waals surface area contributed by atoms with Crippen LogP contribution in [0.5, 0.6) is 5.75 Å². The van der Waals surface area contributed by atoms with Gasteiger partial charge in [-0.1, -0.05) is 25.8 Å². The van der Waals surface area contributed by atoms with Gasteiger partial charge in [0.15, 0.2) is 0 Å². The number of ether oxygens (including phenoxy) is 1. The Morgan fingerprint density at radius 3 is 2.84 bits per heavy atom. The minimum Gasteiger partial charge on any atom is -0.493 e. The molecule has 0 saturated heterocycles. The maximum absolute atomic E-state index is 11.2. The van der Waals surface area contributed by atoms with Gasteiger partial charge in [0.2, 0.25) is 0 Å². The van der Waals surface area contributed by atoms with Gasteiger partial charge in [-0.3, -0.25) is 0 Å². The highest BCUT2D eigenvalue weighted by molar-refractivity contribution is 8.13. The number of hydrogen-bond donors (Lipinski definition) is 0. The quantitative estimate of drug-likeness (QED) is 0.794. The summed E-state index contributed by atoms with van der Waals surface area (Å²) in [5.74, 6) is 1.90. The Bertz CT molecular complexity index is 527. The van der Waals surface area contributed by atoms with E-state index in [1.807, 2.05) is 0 Å². The molecule has 0 radical (unpaired) electrons. The highest BCUT2D eigenvalue weighted by Crippen LogP contribution is 2.29. The average Bonchev–Trinajstić information content (AvgIpc) is 2.36. The van der Waals surface area contributed by atoms with E-state index in [1.165, 1.54) is 37.8 Å². The lowest BCUT2D eigenvalue weighted by atomic mass is 9.83. The van der Waals surface area contributed by atoms with Crippen molar-refractivity contribution in [1.82, 2.24) is 0 Å². The van der Waals surface area contributed by atoms with Crippen LogP contribution in [0.15, 0.2) is 29.2 Å². The van der Waals surface area contributed by atoms with Crippen molar-refractivity contribution in [2.45, 2.75) is 37.5 Å². The molecule has 2 rings (SSSR count). The van der Waals surface area contributed by atoms with Gasteiger partial charge in [0, 0.05) is 16.7 Å². The van der Waals surface area contributed by atoms with E-state index in [9.17, 15) is 8.42 Å². The van der Waals surface area contributed by atoms with Crippen LogP contribution < -0.4 is 4.74 Å². The van der Waals surface area contributed by atoms with Gasteiger partial charge in [-0.2, -0.15) is 0 Å². The van der Waals surface area contributed by atoms with E-state index < -0.39 is 9.05 Å². The van der Waals surface area contributed by atoms with E-state index in [1.54, 1.807) is 12.1 Å². The average molecular weight is 303 g/mol. The fraction of sp³-hybridized carbons (Fsp3) is 0.571. The molecule has 0 N–H and O–H groups in total. The molecule has 0 bridgehead atoms. The number of halogens is 1. The molecule has 0 spiro atoms. The molecule has 1 saturated carbocycles. The molecule has 1 aliphatic rings. The van der Waals surface area contributed by atoms with Crippen molar-refractivity contribution in [2.24, 2.45) is 11.8 Å². The van der Waals surface area contributed by atoms with Crippen LogP contribution in [-0.4, -0.2) is 15.0 Å². The molecular formula is C14H19ClO3S. The first kappa shape index (κ1) is 14.7. The van der Waals surface area contributed by atoms with Crippen molar-refractivity contribution in [2.75, 3.05) is 6.61 Å². The van der Waals surface area contributed by atoms with Crippen molar-refractivity contribution in [3.8, 4) is 5.75 Å². The van der Waals surface area contributed by atoms with Crippen LogP contribution in [0.25, 0.3) is 0 Å². The Kier molecular flexibility index (Phi) is 4.74. The molecule has 1 aromatic carbocycles. The van der Waals surface area contributed by atoms with Crippen LogP contribution in [0.1, 0.15) is 32.6 Å². The van der Waals surface area contributed by atoms with Crippen LogP contribution in [0.2, 0.25) is 0 Å². The van der Waals surface area contributed by atoms with Gasteiger partial charge >= 0.3 is 0 Å². The zero-order chi connectivity index (χ0) is 13.9. The molecular weight excluding hydrogens is 284 g/mol. The predicted octanol–water partition coefficient (Wildman–Crippen LogP) is 3.82. The largest absolute Gasteiger partial charge is 0.493 e. The first-order chi connectivity index (χ1) is 8.95. The fourth-order valence-electron chi connectivity index (χ4n) is 2.64. The molecule has 0 aromatic heterocycles. The first-order valence-corrected chi connectivity index (χ1v) is 8.93. The third-order valence-electron chi connectivity index (χ3n) is 3.62. The summed E-state index contributed by atoms with van der Waals surface area (Å²) < 4.78 is 28.2. The van der Waals surface area contributed by atoms with E-state index in [4.69, 9.17) is 15.4 Å². The summed E-state index contributed by atoms with van der Waals surface area (Å²) in [5.41, 5.74) is 0. The normalized spacial score (nSPS) is 24.1. The Labute approximate surface area is 119 Å². The van der Waals surface area contributed by atoms with E-state index in [0.29, 0.717) is 18.3 Å². The van der Waals surface area contributed by atoms with Gasteiger partial charge in [-0.25, -0.2) is 8.42 Å². The third kappa shape index (κ3) is 4.39. The van der Waals surface area contributed by atoms with Crippen molar-refractivity contribution in [3.05, 3.63) is 24.3 Å². The fourth-order valence-corrected chi connectivity index (χ4v) is 3.43. The number of hydrogen-bond acceptors (Lipinski definition) is 3. The lowest BCUT2D eigenvalue weighted by molar-refractivity contribution is 0.182. The minimum absolute atomic E-state index is 0.0867. The molecule has 0 heterocycles. The maximum atomic E-state index is 11.2. The van der Waals surface area contributed by atoms with Crippen molar-refractivity contribution in [3.63, 3.8) is 0 Å². The SMILES string of the molecule is CC1CCCC(COc2cccc(S(=O)(=O)Cl)c2)C1. The van der Waals surface area contributed by atoms with Gasteiger partial charge in [0.1, 0.15) is 5.75 Å². The van der Waals surface area contributed by atoms with Gasteiger partial charge in [0.05, 0.1) is 11.5 Å². The molecule has 106 valence electrons. The number of rotatable bonds is 4. The second-order valence-electron chi connectivity index (χ2n) is 5.36. The lowest BCUT2D eigenvalue weighted by Gasteiger charge is -2.26. The van der Waals surface area contributed by atoms with Crippen LogP contribution in [0.3, 0.4) is 0 Å². The van der Waals surface area contributed by atoms with Crippen molar-refractivity contribution < 1.29 is 13.2 Å². The maximum Gasteiger partial charge on any atom is 0.261 e. The molecule has 5 heteroatoms. The van der Waals surface area contributed by atoms with Crippen LogP contribution in [-0.2, 0) is 9.05 Å². The van der Waals surface area contributed by atoms with Gasteiger partial charge < -0.3 is 4.74 Å². The minimum atomic E-state index is -3.69. The van der Waals surface area contributed by atoms with Crippen molar-refractivity contribution >= 4 is 19.7 Å². The van der Waals surface area contributed by atoms with Gasteiger partial charge in [-0.05, 0) is 36.8 Å². The van der Waals surface area contributed by atoms with Gasteiger partial charge in [0.25, 0.3) is 9.05 Å². The Hall–Kier alpha value is -0.740. The first-order valence-electron chi connectivity index (χ1n) is 6.62. The van der Waals surface area contributed by atoms with E-state index >= 15 is 0 Å². The predicted molar refractivity (Wildman–Crippen MR) is 76.1 cm³/mol. The molecule has 19 heavy (non-hydrogen) atoms. The molecule has 2 atom stereocenters. The standard InChI is InChI=1S/C14H19ClO3S/c1-11-4-2-5-12(8-11)10-18-13-6-3-7-14(9-13)19(15,16)17/h3,6-7,9,11-12H,2,4-5,8,10H2,1H3. The summed E-state index contributed by atoms with van der Waals surface area (Å²) in [5, 5.41) is 0. The molecule has 1 fully saturated rings. The molecule has 3 nitrogen and oxygen atoms in total. The van der Waals surface area contributed by atoms with Crippen molar-refractivity contribution in [1.29, 1.82) is 0 Å². The lowest BCUT2D eigenvalue weighted by Crippen LogP contribution is -2.19. The summed E-state index contributed by atoms with van der Waals surface area (Å²) in [4.78, 5) is 0.0867. The van der Waals surface area contributed by atoms with Crippen LogP contribution >= 0.6 is 10.7 Å². The summed E-state index contributed by atoms with van der Waals surface area (Å²) in [6.45, 7) is 2.92. The van der Waals surface area contributed by atoms with E-state index in [-0.39, 0.29) is 4.90 Å². The zero-order valence-corrected chi connectivity index (χ0v) is 12.6. The number of benzene rings is 1. The topological polar surface area (TPSA) is 43.4 Å².